The fourth-order valence-corrected chi connectivity index (χ4v) is 9.21. The molecule has 6 aromatic rings. The Balaban J connectivity index is 0.000000682. The molecule has 10 heteroatoms. The zero-order valence-corrected chi connectivity index (χ0v) is 24.4. The van der Waals surface area contributed by atoms with Crippen molar-refractivity contribution in [2.75, 3.05) is 0 Å². The minimum Gasteiger partial charge on any atom is -0.222 e. The van der Waals surface area contributed by atoms with Gasteiger partial charge in [-0.2, -0.15) is 4.68 Å². The van der Waals surface area contributed by atoms with Gasteiger partial charge in [-0.05, 0) is 52.4 Å². The number of hydrogen-bond donors (Lipinski definition) is 0. The predicted molar refractivity (Wildman–Crippen MR) is 159 cm³/mol. The summed E-state index contributed by atoms with van der Waals surface area (Å²) in [6, 6.07) is 52.9. The van der Waals surface area contributed by atoms with Gasteiger partial charge in [0.15, 0.2) is 13.1 Å². The van der Waals surface area contributed by atoms with Gasteiger partial charge < -0.3 is 0 Å². The highest BCUT2D eigenvalue weighted by molar-refractivity contribution is 8.03. The Morgan fingerprint density at radius 3 is 1.35 bits per heavy atom. The lowest BCUT2D eigenvalue weighted by molar-refractivity contribution is -2.00. The molecule has 0 spiro atoms. The number of benzene rings is 5. The number of rotatable bonds is 7. The van der Waals surface area contributed by atoms with Crippen LogP contribution in [0.1, 0.15) is 5.56 Å². The monoisotopic (exact) mass is 608 g/mol. The van der Waals surface area contributed by atoms with Crippen LogP contribution in [0.4, 0.5) is 0 Å². The Morgan fingerprint density at radius 1 is 0.558 bits per heavy atom. The molecule has 0 saturated heterocycles. The van der Waals surface area contributed by atoms with Crippen molar-refractivity contribution >= 4 is 34.7 Å². The smallest absolute Gasteiger partial charge is 0.203 e. The van der Waals surface area contributed by atoms with Crippen LogP contribution in [0.25, 0.3) is 22.9 Å². The van der Waals surface area contributed by atoms with Crippen LogP contribution in [0.5, 0.6) is 0 Å². The van der Waals surface area contributed by atoms with Crippen molar-refractivity contribution in [3.05, 3.63) is 157 Å². The van der Waals surface area contributed by atoms with Gasteiger partial charge in [-0.3, -0.25) is 0 Å². The predicted octanol–water partition coefficient (Wildman–Crippen LogP) is 1.53. The molecule has 43 heavy (non-hydrogen) atoms. The van der Waals surface area contributed by atoms with Crippen molar-refractivity contribution < 1.29 is 28.9 Å². The SMILES string of the molecule is C(=C(/n1nnnc1-c1ccccc1)[P+](c1ccccc1)(c1ccccc1)c1ccccc1)/c1ccccc1.[O-][Cl+3]([O-])([O-])[O-]. The fraction of sp³-hybridized carbons (Fsp3) is 0. The Kier molecular flexibility index (Phi) is 9.49. The van der Waals surface area contributed by atoms with Crippen molar-refractivity contribution in [2.24, 2.45) is 0 Å². The van der Waals surface area contributed by atoms with Crippen LogP contribution >= 0.6 is 7.26 Å². The maximum atomic E-state index is 8.49. The van der Waals surface area contributed by atoms with E-state index in [4.69, 9.17) is 18.6 Å². The van der Waals surface area contributed by atoms with Crippen LogP contribution in [-0.2, 0) is 0 Å². The molecule has 0 amide bonds. The molecule has 0 aliphatic carbocycles. The van der Waals surface area contributed by atoms with Crippen LogP contribution in [0.3, 0.4) is 0 Å². The molecule has 6 rings (SSSR count). The van der Waals surface area contributed by atoms with E-state index in [0.717, 1.165) is 16.6 Å². The van der Waals surface area contributed by atoms with Gasteiger partial charge in [0.2, 0.25) is 5.44 Å². The summed E-state index contributed by atoms with van der Waals surface area (Å²) in [7, 11) is -7.43. The zero-order valence-electron chi connectivity index (χ0n) is 22.8. The highest BCUT2D eigenvalue weighted by Gasteiger charge is 2.52. The van der Waals surface area contributed by atoms with Crippen molar-refractivity contribution in [1.29, 1.82) is 0 Å². The van der Waals surface area contributed by atoms with E-state index in [2.05, 4.69) is 149 Å². The maximum absolute atomic E-state index is 8.49. The Hall–Kier alpha value is -4.53. The van der Waals surface area contributed by atoms with Crippen molar-refractivity contribution in [2.45, 2.75) is 0 Å². The number of tetrazole rings is 1. The molecule has 0 N–H and O–H groups in total. The molecule has 1 heterocycles. The van der Waals surface area contributed by atoms with E-state index in [1.165, 1.54) is 15.9 Å². The molecule has 0 fully saturated rings. The third-order valence-corrected chi connectivity index (χ3v) is 10.8. The van der Waals surface area contributed by atoms with Crippen LogP contribution in [0, 0.1) is 10.2 Å². The van der Waals surface area contributed by atoms with E-state index in [-0.39, 0.29) is 0 Å². The largest absolute Gasteiger partial charge is 0.222 e. The van der Waals surface area contributed by atoms with Crippen molar-refractivity contribution in [1.82, 2.24) is 20.2 Å². The second-order valence-corrected chi connectivity index (χ2v) is 13.4. The molecular formula is C33H26ClN4O4P. The molecule has 1 aromatic heterocycles. The summed E-state index contributed by atoms with van der Waals surface area (Å²) in [6.07, 6.45) is 2.25. The molecule has 0 atom stereocenters. The van der Waals surface area contributed by atoms with Gasteiger partial charge in [0.1, 0.15) is 15.9 Å². The van der Waals surface area contributed by atoms with Gasteiger partial charge in [0, 0.05) is 11.6 Å². The van der Waals surface area contributed by atoms with E-state index in [1.807, 2.05) is 28.9 Å². The van der Waals surface area contributed by atoms with Gasteiger partial charge in [0.05, 0.1) is 0 Å². The third kappa shape index (κ3) is 7.10. The van der Waals surface area contributed by atoms with Crippen molar-refractivity contribution in [3.8, 4) is 11.4 Å². The van der Waals surface area contributed by atoms with E-state index in [0.29, 0.717) is 5.82 Å². The molecule has 0 radical (unpaired) electrons. The fourth-order valence-electron chi connectivity index (χ4n) is 4.91. The molecule has 0 unspecified atom stereocenters. The lowest BCUT2D eigenvalue weighted by Crippen LogP contribution is -2.68. The average Bonchev–Trinajstić information content (AvgIpc) is 3.53. The Labute approximate surface area is 251 Å². The van der Waals surface area contributed by atoms with Gasteiger partial charge in [-0.15, -0.1) is 15.3 Å². The lowest BCUT2D eigenvalue weighted by Gasteiger charge is -2.29. The van der Waals surface area contributed by atoms with Gasteiger partial charge in [-0.25, -0.2) is 18.6 Å². The summed E-state index contributed by atoms with van der Waals surface area (Å²) < 4.78 is 35.9. The molecule has 5 aromatic carbocycles. The normalized spacial score (nSPS) is 11.9. The number of aromatic nitrogens is 4. The summed E-state index contributed by atoms with van der Waals surface area (Å²) in [5, 5.41) is 17.1. The van der Waals surface area contributed by atoms with E-state index in [1.54, 1.807) is 0 Å². The first-order valence-electron chi connectivity index (χ1n) is 13.2. The topological polar surface area (TPSA) is 136 Å². The number of nitrogens with zero attached hydrogens (tertiary/aromatic N) is 4. The average molecular weight is 609 g/mol. The molecule has 214 valence electrons. The molecule has 0 aliphatic rings. The van der Waals surface area contributed by atoms with E-state index >= 15 is 0 Å². The summed E-state index contributed by atoms with van der Waals surface area (Å²) in [6.45, 7) is 0. The standard InChI is InChI=1S/C33H26N4P.ClHO4/c1-6-16-27(17-7-1)26-32(37-33(34-35-36-37)28-18-8-2-9-19-28)38(29-20-10-3-11-21-29,30-22-12-4-13-23-30)31-24-14-5-15-25-31;2-1(3,4)5/h1-26H;(H,2,3,4,5)/q+1;/p-1/b32-26+;. The van der Waals surface area contributed by atoms with Crippen LogP contribution < -0.4 is 34.5 Å². The molecule has 0 aliphatic heterocycles. The minimum absolute atomic E-state index is 0.708. The summed E-state index contributed by atoms with van der Waals surface area (Å²) in [5.41, 5.74) is 3.09. The highest BCUT2D eigenvalue weighted by Crippen LogP contribution is 2.65. The Bertz CT molecular complexity index is 1650. The van der Waals surface area contributed by atoms with Gasteiger partial charge in [0.25, 0.3) is 0 Å². The summed E-state index contributed by atoms with van der Waals surface area (Å²) in [5.74, 6) is 0.708. The maximum Gasteiger partial charge on any atom is 0.203 e. The third-order valence-electron chi connectivity index (χ3n) is 6.59. The molecule has 0 bridgehead atoms. The summed E-state index contributed by atoms with van der Waals surface area (Å²) in [4.78, 5) is 0. The minimum atomic E-state index is -4.94. The van der Waals surface area contributed by atoms with E-state index < -0.39 is 17.5 Å². The first-order valence-corrected chi connectivity index (χ1v) is 16.2. The van der Waals surface area contributed by atoms with Crippen LogP contribution in [0.15, 0.2) is 152 Å². The molecule has 0 saturated carbocycles. The van der Waals surface area contributed by atoms with Crippen LogP contribution in [0.2, 0.25) is 0 Å². The molecule has 8 nitrogen and oxygen atoms in total. The van der Waals surface area contributed by atoms with Gasteiger partial charge in [-0.1, -0.05) is 115 Å². The summed E-state index contributed by atoms with van der Waals surface area (Å²) >= 11 is 0. The van der Waals surface area contributed by atoms with Crippen LogP contribution in [-0.4, -0.2) is 20.2 Å². The zero-order chi connectivity index (χ0) is 30.1. The molecular weight excluding hydrogens is 583 g/mol. The lowest BCUT2D eigenvalue weighted by atomic mass is 10.2. The number of hydrogen-bond acceptors (Lipinski definition) is 7. The second kappa shape index (κ2) is 13.6. The van der Waals surface area contributed by atoms with Gasteiger partial charge >= 0.3 is 0 Å². The number of halogens is 1. The quantitative estimate of drug-likeness (QED) is 0.251. The second-order valence-electron chi connectivity index (χ2n) is 9.25. The highest BCUT2D eigenvalue weighted by atomic mass is 35.7. The van der Waals surface area contributed by atoms with Crippen molar-refractivity contribution in [3.63, 3.8) is 0 Å². The first-order chi connectivity index (χ1) is 20.9. The van der Waals surface area contributed by atoms with E-state index in [9.17, 15) is 0 Å². The first kappa shape index (κ1) is 29.9. The Morgan fingerprint density at radius 2 is 0.930 bits per heavy atom.